The molecular formula is C35H44O9. The molecule has 0 N–H and O–H groups in total. The fourth-order valence-corrected chi connectivity index (χ4v) is 5.78. The Labute approximate surface area is 260 Å². The van der Waals surface area contributed by atoms with Crippen molar-refractivity contribution in [2.45, 2.75) is 75.8 Å². The highest BCUT2D eigenvalue weighted by Gasteiger charge is 2.64. The van der Waals surface area contributed by atoms with Gasteiger partial charge in [-0.1, -0.05) is 91.0 Å². The summed E-state index contributed by atoms with van der Waals surface area (Å²) in [5.41, 5.74) is 1.81. The molecule has 9 nitrogen and oxygen atoms in total. The van der Waals surface area contributed by atoms with Gasteiger partial charge in [-0.15, -0.1) is 0 Å². The zero-order valence-corrected chi connectivity index (χ0v) is 26.0. The van der Waals surface area contributed by atoms with Gasteiger partial charge in [0, 0.05) is 14.2 Å². The average molecular weight is 609 g/mol. The first-order valence-electron chi connectivity index (χ1n) is 15.0. The molecule has 3 aromatic carbocycles. The van der Waals surface area contributed by atoms with E-state index in [1.165, 1.54) is 0 Å². The molecule has 5 rings (SSSR count). The second-order valence-electron chi connectivity index (χ2n) is 11.5. The van der Waals surface area contributed by atoms with Crippen LogP contribution in [-0.2, 0) is 62.5 Å². The highest BCUT2D eigenvalue weighted by atomic mass is 16.8. The van der Waals surface area contributed by atoms with E-state index in [1.54, 1.807) is 14.2 Å². The Balaban J connectivity index is 1.54. The fraction of sp³-hybridized carbons (Fsp3) is 0.486. The van der Waals surface area contributed by atoms with Crippen molar-refractivity contribution in [1.29, 1.82) is 0 Å². The maximum atomic E-state index is 6.86. The Morgan fingerprint density at radius 3 is 1.89 bits per heavy atom. The van der Waals surface area contributed by atoms with E-state index in [-0.39, 0.29) is 13.4 Å². The van der Waals surface area contributed by atoms with E-state index in [0.717, 1.165) is 16.7 Å². The molecular weight excluding hydrogens is 564 g/mol. The normalized spacial score (nSPS) is 27.0. The number of rotatable bonds is 16. The van der Waals surface area contributed by atoms with Crippen molar-refractivity contribution in [1.82, 2.24) is 0 Å². The lowest BCUT2D eigenvalue weighted by Crippen LogP contribution is -2.62. The van der Waals surface area contributed by atoms with Gasteiger partial charge in [-0.05, 0) is 30.5 Å². The van der Waals surface area contributed by atoms with Crippen LogP contribution in [0.5, 0.6) is 0 Å². The molecule has 0 unspecified atom stereocenters. The minimum atomic E-state index is -1.23. The number of hydrogen-bond donors (Lipinski definition) is 0. The first-order valence-corrected chi connectivity index (χ1v) is 15.0. The lowest BCUT2D eigenvalue weighted by molar-refractivity contribution is -0.264. The molecule has 9 heteroatoms. The number of hydrogen-bond acceptors (Lipinski definition) is 9. The quantitative estimate of drug-likeness (QED) is 0.202. The molecule has 0 aliphatic carbocycles. The van der Waals surface area contributed by atoms with Gasteiger partial charge >= 0.3 is 0 Å². The first-order chi connectivity index (χ1) is 21.4. The molecule has 238 valence electrons. The van der Waals surface area contributed by atoms with Crippen LogP contribution < -0.4 is 0 Å². The van der Waals surface area contributed by atoms with Crippen LogP contribution in [0.25, 0.3) is 0 Å². The van der Waals surface area contributed by atoms with Crippen molar-refractivity contribution in [2.75, 3.05) is 34.2 Å². The first kappa shape index (κ1) is 32.7. The van der Waals surface area contributed by atoms with E-state index in [9.17, 15) is 0 Å². The fourth-order valence-electron chi connectivity index (χ4n) is 5.78. The molecule has 0 saturated carbocycles. The third-order valence-corrected chi connectivity index (χ3v) is 7.83. The van der Waals surface area contributed by atoms with E-state index in [1.807, 2.05) is 105 Å². The molecule has 2 saturated heterocycles. The summed E-state index contributed by atoms with van der Waals surface area (Å²) >= 11 is 0. The Morgan fingerprint density at radius 2 is 1.34 bits per heavy atom. The molecule has 0 aromatic heterocycles. The monoisotopic (exact) mass is 608 g/mol. The van der Waals surface area contributed by atoms with E-state index < -0.39 is 42.1 Å². The van der Waals surface area contributed by atoms with Crippen molar-refractivity contribution in [3.05, 3.63) is 108 Å². The third-order valence-electron chi connectivity index (χ3n) is 7.83. The maximum Gasteiger partial charge on any atom is 0.187 e. The van der Waals surface area contributed by atoms with E-state index in [2.05, 4.69) is 0 Å². The van der Waals surface area contributed by atoms with Crippen LogP contribution in [0.15, 0.2) is 91.0 Å². The molecule has 2 heterocycles. The maximum absolute atomic E-state index is 6.86. The predicted octanol–water partition coefficient (Wildman–Crippen LogP) is 5.26. The van der Waals surface area contributed by atoms with Crippen molar-refractivity contribution in [3.63, 3.8) is 0 Å². The molecule has 6 atom stereocenters. The Bertz CT molecular complexity index is 1240. The zero-order valence-electron chi connectivity index (χ0n) is 26.0. The Kier molecular flexibility index (Phi) is 11.5. The summed E-state index contributed by atoms with van der Waals surface area (Å²) in [6.07, 6.45) is -3.37. The largest absolute Gasteiger partial charge is 0.374 e. The topological polar surface area (TPSA) is 83.1 Å². The van der Waals surface area contributed by atoms with Crippen LogP contribution in [0.4, 0.5) is 0 Å². The number of ether oxygens (including phenoxy) is 9. The van der Waals surface area contributed by atoms with Crippen LogP contribution in [-0.4, -0.2) is 76.3 Å². The standard InChI is InChI=1S/C35H44O9/c1-34(2)42-23-29(43-34)31(39-21-27-16-10-6-11-17-27)35(24-38-20-26-14-8-5-9-15-26)32(40-22-28-18-12-7-13-19-28)30(41-25-36-3)33(37-4)44-35/h5-19,29-33H,20-25H2,1-4H3/t29-,30-,31-,32-,33+,35+/m1/s1. The van der Waals surface area contributed by atoms with Gasteiger partial charge in [-0.3, -0.25) is 0 Å². The third kappa shape index (κ3) is 8.11. The van der Waals surface area contributed by atoms with Gasteiger partial charge in [-0.2, -0.15) is 0 Å². The van der Waals surface area contributed by atoms with Crippen molar-refractivity contribution < 1.29 is 42.6 Å². The minimum absolute atomic E-state index is 0.0195. The summed E-state index contributed by atoms with van der Waals surface area (Å²) in [6, 6.07) is 29.9. The van der Waals surface area contributed by atoms with Gasteiger partial charge in [0.05, 0.1) is 33.0 Å². The van der Waals surface area contributed by atoms with Crippen LogP contribution in [0, 0.1) is 0 Å². The molecule has 44 heavy (non-hydrogen) atoms. The molecule has 2 aliphatic rings. The molecule has 0 bridgehead atoms. The number of methoxy groups -OCH3 is 2. The molecule has 0 radical (unpaired) electrons. The van der Waals surface area contributed by atoms with Crippen molar-refractivity contribution in [3.8, 4) is 0 Å². The van der Waals surface area contributed by atoms with Gasteiger partial charge in [0.1, 0.15) is 31.2 Å². The average Bonchev–Trinajstić information content (AvgIpc) is 3.56. The highest BCUT2D eigenvalue weighted by molar-refractivity contribution is 5.17. The lowest BCUT2D eigenvalue weighted by atomic mass is 9.86. The molecule has 2 aliphatic heterocycles. The van der Waals surface area contributed by atoms with E-state index >= 15 is 0 Å². The van der Waals surface area contributed by atoms with Crippen LogP contribution in [0.3, 0.4) is 0 Å². The van der Waals surface area contributed by atoms with Gasteiger partial charge in [0.25, 0.3) is 0 Å². The summed E-state index contributed by atoms with van der Waals surface area (Å²) in [7, 11) is 3.16. The predicted molar refractivity (Wildman–Crippen MR) is 162 cm³/mol. The Morgan fingerprint density at radius 1 is 0.750 bits per heavy atom. The van der Waals surface area contributed by atoms with Gasteiger partial charge in [0.15, 0.2) is 17.7 Å². The Hall–Kier alpha value is -2.70. The summed E-state index contributed by atoms with van der Waals surface area (Å²) in [4.78, 5) is 0. The molecule has 0 amide bonds. The summed E-state index contributed by atoms with van der Waals surface area (Å²) in [6.45, 7) is 5.17. The van der Waals surface area contributed by atoms with Crippen molar-refractivity contribution in [2.24, 2.45) is 0 Å². The molecule has 0 spiro atoms. The van der Waals surface area contributed by atoms with Gasteiger partial charge in [-0.25, -0.2) is 0 Å². The van der Waals surface area contributed by atoms with Crippen LogP contribution in [0.1, 0.15) is 30.5 Å². The minimum Gasteiger partial charge on any atom is -0.374 e. The molecule has 3 aromatic rings. The van der Waals surface area contributed by atoms with Gasteiger partial charge in [0.2, 0.25) is 0 Å². The van der Waals surface area contributed by atoms with E-state index in [4.69, 9.17) is 42.6 Å². The zero-order chi connectivity index (χ0) is 30.8. The smallest absolute Gasteiger partial charge is 0.187 e. The van der Waals surface area contributed by atoms with Crippen molar-refractivity contribution >= 4 is 0 Å². The second kappa shape index (κ2) is 15.5. The van der Waals surface area contributed by atoms with Crippen LogP contribution in [0.2, 0.25) is 0 Å². The van der Waals surface area contributed by atoms with Gasteiger partial charge < -0.3 is 42.6 Å². The van der Waals surface area contributed by atoms with Crippen LogP contribution >= 0.6 is 0 Å². The van der Waals surface area contributed by atoms with E-state index in [0.29, 0.717) is 26.4 Å². The lowest BCUT2D eigenvalue weighted by Gasteiger charge is -2.42. The summed E-state index contributed by atoms with van der Waals surface area (Å²) in [5, 5.41) is 0. The summed E-state index contributed by atoms with van der Waals surface area (Å²) < 4.78 is 56.8. The molecule has 2 fully saturated rings. The highest BCUT2D eigenvalue weighted by Crippen LogP contribution is 2.44. The SMILES string of the molecule is COCO[C@H]1[C@@H](OC)O[C@@](COCc2ccccc2)([C@H](OCc2ccccc2)[C@H]2COC(C)(C)O2)[C@@H]1OCc1ccccc1. The second-order valence-corrected chi connectivity index (χ2v) is 11.5. The number of benzene rings is 3. The summed E-state index contributed by atoms with van der Waals surface area (Å²) in [5.74, 6) is -0.809.